The lowest BCUT2D eigenvalue weighted by atomic mass is 9.86. The van der Waals surface area contributed by atoms with Crippen LogP contribution in [0.15, 0.2) is 29.2 Å². The first-order valence-electron chi connectivity index (χ1n) is 6.80. The van der Waals surface area contributed by atoms with E-state index in [9.17, 15) is 13.5 Å². The van der Waals surface area contributed by atoms with Crippen molar-refractivity contribution in [2.75, 3.05) is 32.8 Å². The molecule has 0 aromatic heterocycles. The predicted molar refractivity (Wildman–Crippen MR) is 78.2 cm³/mol. The lowest BCUT2D eigenvalue weighted by molar-refractivity contribution is 0.218. The Balaban J connectivity index is 2.25. The van der Waals surface area contributed by atoms with Gasteiger partial charge in [-0.2, -0.15) is 4.31 Å². The van der Waals surface area contributed by atoms with Crippen molar-refractivity contribution < 1.29 is 13.5 Å². The van der Waals surface area contributed by atoms with Crippen LogP contribution in [-0.4, -0.2) is 50.6 Å². The fraction of sp³-hybridized carbons (Fsp3) is 0.571. The van der Waals surface area contributed by atoms with Crippen molar-refractivity contribution in [3.8, 4) is 0 Å². The van der Waals surface area contributed by atoms with Gasteiger partial charge in [0.05, 0.1) is 11.5 Å². The maximum Gasteiger partial charge on any atom is 0.243 e. The number of piperazine rings is 1. The fourth-order valence-corrected chi connectivity index (χ4v) is 3.64. The van der Waals surface area contributed by atoms with Gasteiger partial charge in [0, 0.05) is 31.6 Å². The van der Waals surface area contributed by atoms with Gasteiger partial charge in [-0.25, -0.2) is 8.42 Å². The van der Waals surface area contributed by atoms with Crippen LogP contribution in [0.1, 0.15) is 19.4 Å². The number of rotatable bonds is 4. The molecule has 1 aromatic carbocycles. The molecular formula is C14H22N2O3S. The molecule has 0 bridgehead atoms. The highest BCUT2D eigenvalue weighted by molar-refractivity contribution is 7.89. The quantitative estimate of drug-likeness (QED) is 0.852. The summed E-state index contributed by atoms with van der Waals surface area (Å²) in [4.78, 5) is 0.317. The molecule has 5 nitrogen and oxygen atoms in total. The standard InChI is InChI=1S/C14H22N2O3S/c1-14(2,11-17)12-3-5-13(6-4-12)20(18,19)16-9-7-15-8-10-16/h3-6,15,17H,7-11H2,1-2H3. The Labute approximate surface area is 120 Å². The van der Waals surface area contributed by atoms with Gasteiger partial charge in [0.25, 0.3) is 0 Å². The second-order valence-corrected chi connectivity index (χ2v) is 7.66. The fourth-order valence-electron chi connectivity index (χ4n) is 2.20. The average Bonchev–Trinajstić information content (AvgIpc) is 2.48. The van der Waals surface area contributed by atoms with E-state index in [2.05, 4.69) is 5.32 Å². The Kier molecular flexibility index (Phi) is 4.49. The van der Waals surface area contributed by atoms with Crippen LogP contribution in [0, 0.1) is 0 Å². The molecule has 112 valence electrons. The summed E-state index contributed by atoms with van der Waals surface area (Å²) < 4.78 is 26.4. The molecule has 20 heavy (non-hydrogen) atoms. The van der Waals surface area contributed by atoms with Crippen molar-refractivity contribution in [1.82, 2.24) is 9.62 Å². The third kappa shape index (κ3) is 3.03. The molecule has 1 heterocycles. The molecule has 1 aliphatic rings. The second kappa shape index (κ2) is 5.81. The number of hydrogen-bond acceptors (Lipinski definition) is 4. The van der Waals surface area contributed by atoms with Crippen molar-refractivity contribution in [3.05, 3.63) is 29.8 Å². The summed E-state index contributed by atoms with van der Waals surface area (Å²) in [6.07, 6.45) is 0. The third-order valence-electron chi connectivity index (χ3n) is 3.74. The topological polar surface area (TPSA) is 69.6 Å². The van der Waals surface area contributed by atoms with Gasteiger partial charge >= 0.3 is 0 Å². The molecule has 0 unspecified atom stereocenters. The maximum atomic E-state index is 12.5. The molecule has 0 radical (unpaired) electrons. The summed E-state index contributed by atoms with van der Waals surface area (Å²) in [5.74, 6) is 0. The first-order valence-corrected chi connectivity index (χ1v) is 8.24. The largest absolute Gasteiger partial charge is 0.395 e. The van der Waals surface area contributed by atoms with Crippen molar-refractivity contribution in [2.24, 2.45) is 0 Å². The minimum Gasteiger partial charge on any atom is -0.395 e. The Morgan fingerprint density at radius 1 is 1.20 bits per heavy atom. The summed E-state index contributed by atoms with van der Waals surface area (Å²) in [5, 5.41) is 12.5. The lowest BCUT2D eigenvalue weighted by Gasteiger charge is -2.27. The van der Waals surface area contributed by atoms with Gasteiger partial charge in [0.1, 0.15) is 0 Å². The summed E-state index contributed by atoms with van der Waals surface area (Å²) >= 11 is 0. The van der Waals surface area contributed by atoms with E-state index in [1.165, 1.54) is 4.31 Å². The minimum absolute atomic E-state index is 0.0247. The molecule has 1 saturated heterocycles. The smallest absolute Gasteiger partial charge is 0.243 e. The maximum absolute atomic E-state index is 12.5. The molecular weight excluding hydrogens is 276 g/mol. The summed E-state index contributed by atoms with van der Waals surface area (Å²) in [5.41, 5.74) is 0.566. The minimum atomic E-state index is -3.40. The zero-order valence-corrected chi connectivity index (χ0v) is 12.8. The van der Waals surface area contributed by atoms with E-state index in [-0.39, 0.29) is 12.0 Å². The number of aliphatic hydroxyl groups is 1. The molecule has 6 heteroatoms. The molecule has 0 saturated carbocycles. The number of aliphatic hydroxyl groups excluding tert-OH is 1. The zero-order valence-electron chi connectivity index (χ0n) is 12.0. The highest BCUT2D eigenvalue weighted by atomic mass is 32.2. The summed E-state index contributed by atoms with van der Waals surface area (Å²) in [6, 6.07) is 6.82. The monoisotopic (exact) mass is 298 g/mol. The molecule has 0 atom stereocenters. The first kappa shape index (κ1) is 15.4. The van der Waals surface area contributed by atoms with Gasteiger partial charge in [0.15, 0.2) is 0 Å². The van der Waals surface area contributed by atoms with Crippen LogP contribution in [-0.2, 0) is 15.4 Å². The van der Waals surface area contributed by atoms with E-state index in [1.807, 2.05) is 13.8 Å². The van der Waals surface area contributed by atoms with Gasteiger partial charge in [-0.05, 0) is 17.7 Å². The van der Waals surface area contributed by atoms with Crippen LogP contribution in [0.2, 0.25) is 0 Å². The van der Waals surface area contributed by atoms with Crippen molar-refractivity contribution in [3.63, 3.8) is 0 Å². The van der Waals surface area contributed by atoms with Gasteiger partial charge in [-0.1, -0.05) is 26.0 Å². The van der Waals surface area contributed by atoms with Gasteiger partial charge in [-0.15, -0.1) is 0 Å². The molecule has 0 amide bonds. The lowest BCUT2D eigenvalue weighted by Crippen LogP contribution is -2.46. The molecule has 0 spiro atoms. The predicted octanol–water partition coefficient (Wildman–Crippen LogP) is 0.550. The Bertz CT molecular complexity index is 546. The Morgan fingerprint density at radius 2 is 1.75 bits per heavy atom. The van der Waals surface area contributed by atoms with Crippen LogP contribution >= 0.6 is 0 Å². The van der Waals surface area contributed by atoms with E-state index in [4.69, 9.17) is 0 Å². The van der Waals surface area contributed by atoms with Gasteiger partial charge in [0.2, 0.25) is 10.0 Å². The van der Waals surface area contributed by atoms with Crippen molar-refractivity contribution in [1.29, 1.82) is 0 Å². The molecule has 1 aromatic rings. The van der Waals surface area contributed by atoms with Crippen LogP contribution in [0.5, 0.6) is 0 Å². The molecule has 2 rings (SSSR count). The van der Waals surface area contributed by atoms with E-state index < -0.39 is 10.0 Å². The van der Waals surface area contributed by atoms with Crippen LogP contribution < -0.4 is 5.32 Å². The van der Waals surface area contributed by atoms with E-state index in [0.717, 1.165) is 5.56 Å². The van der Waals surface area contributed by atoms with Crippen molar-refractivity contribution >= 4 is 10.0 Å². The number of benzene rings is 1. The normalized spacial score (nSPS) is 18.1. The molecule has 1 fully saturated rings. The number of sulfonamides is 1. The number of hydrogen-bond donors (Lipinski definition) is 2. The summed E-state index contributed by atoms with van der Waals surface area (Å²) in [7, 11) is -3.40. The van der Waals surface area contributed by atoms with E-state index in [1.54, 1.807) is 24.3 Å². The Morgan fingerprint density at radius 3 is 2.25 bits per heavy atom. The van der Waals surface area contributed by atoms with Crippen LogP contribution in [0.3, 0.4) is 0 Å². The molecule has 1 aliphatic heterocycles. The number of nitrogens with one attached hydrogen (secondary N) is 1. The van der Waals surface area contributed by atoms with Gasteiger partial charge < -0.3 is 10.4 Å². The summed E-state index contributed by atoms with van der Waals surface area (Å²) in [6.45, 7) is 6.26. The van der Waals surface area contributed by atoms with Crippen LogP contribution in [0.25, 0.3) is 0 Å². The molecule has 2 N–H and O–H groups in total. The SMILES string of the molecule is CC(C)(CO)c1ccc(S(=O)(=O)N2CCNCC2)cc1. The zero-order chi connectivity index (χ0) is 14.8. The van der Waals surface area contributed by atoms with Crippen LogP contribution in [0.4, 0.5) is 0 Å². The Hall–Kier alpha value is -0.950. The van der Waals surface area contributed by atoms with E-state index in [0.29, 0.717) is 31.1 Å². The molecule has 0 aliphatic carbocycles. The average molecular weight is 298 g/mol. The first-order chi connectivity index (χ1) is 9.38. The van der Waals surface area contributed by atoms with E-state index >= 15 is 0 Å². The second-order valence-electron chi connectivity index (χ2n) is 5.72. The van der Waals surface area contributed by atoms with Gasteiger partial charge in [-0.3, -0.25) is 0 Å². The number of nitrogens with zero attached hydrogens (tertiary/aromatic N) is 1. The highest BCUT2D eigenvalue weighted by Crippen LogP contribution is 2.25. The van der Waals surface area contributed by atoms with Crippen molar-refractivity contribution in [2.45, 2.75) is 24.2 Å². The third-order valence-corrected chi connectivity index (χ3v) is 5.66. The highest BCUT2D eigenvalue weighted by Gasteiger charge is 2.26.